The number of aromatic nitrogens is 1. The molecule has 1 aliphatic rings. The van der Waals surface area contributed by atoms with E-state index in [1.165, 1.54) is 30.6 Å². The average molecular weight is 434 g/mol. The maximum atomic E-state index is 12.9. The predicted octanol–water partition coefficient (Wildman–Crippen LogP) is 3.40. The second-order valence-corrected chi connectivity index (χ2v) is 9.31. The number of carboxylic acid groups (broad SMARTS) is 1. The average Bonchev–Trinajstić information content (AvgIpc) is 3.36. The van der Waals surface area contributed by atoms with Crippen LogP contribution in [0.1, 0.15) is 23.2 Å². The third kappa shape index (κ3) is 3.85. The molecule has 1 saturated heterocycles. The van der Waals surface area contributed by atoms with Gasteiger partial charge >= 0.3 is 5.97 Å². The van der Waals surface area contributed by atoms with Gasteiger partial charge in [0.25, 0.3) is 10.0 Å². The first kappa shape index (κ1) is 19.5. The number of anilines is 2. The molecule has 0 aliphatic carbocycles. The summed E-state index contributed by atoms with van der Waals surface area (Å²) in [6.45, 7) is 1.97. The van der Waals surface area contributed by atoms with Gasteiger partial charge in [-0.1, -0.05) is 11.3 Å². The van der Waals surface area contributed by atoms with Crippen LogP contribution in [0.4, 0.5) is 10.8 Å². The number of methoxy groups -OCH3 is 1. The predicted molar refractivity (Wildman–Crippen MR) is 112 cm³/mol. The zero-order chi connectivity index (χ0) is 20.6. The fourth-order valence-electron chi connectivity index (χ4n) is 3.25. The van der Waals surface area contributed by atoms with Gasteiger partial charge < -0.3 is 14.7 Å². The molecule has 0 bridgehead atoms. The van der Waals surface area contributed by atoms with Crippen molar-refractivity contribution < 1.29 is 23.1 Å². The molecule has 2 aromatic carbocycles. The van der Waals surface area contributed by atoms with Crippen LogP contribution >= 0.6 is 11.3 Å². The van der Waals surface area contributed by atoms with Crippen LogP contribution in [-0.4, -0.2) is 44.7 Å². The van der Waals surface area contributed by atoms with Crippen LogP contribution < -0.4 is 14.4 Å². The Labute approximate surface area is 171 Å². The van der Waals surface area contributed by atoms with E-state index in [2.05, 4.69) is 14.6 Å². The molecule has 3 aromatic rings. The molecule has 1 aliphatic heterocycles. The Hall–Kier alpha value is -2.85. The first-order chi connectivity index (χ1) is 13.9. The quantitative estimate of drug-likeness (QED) is 0.613. The zero-order valence-electron chi connectivity index (χ0n) is 15.6. The van der Waals surface area contributed by atoms with Gasteiger partial charge in [-0.3, -0.25) is 4.72 Å². The van der Waals surface area contributed by atoms with E-state index in [0.29, 0.717) is 5.69 Å². The maximum Gasteiger partial charge on any atom is 0.335 e. The lowest BCUT2D eigenvalue weighted by atomic mass is 10.2. The number of ether oxygens (including phenoxy) is 1. The van der Waals surface area contributed by atoms with Crippen molar-refractivity contribution in [3.05, 3.63) is 42.0 Å². The number of rotatable bonds is 6. The molecule has 8 nitrogen and oxygen atoms in total. The number of benzene rings is 2. The van der Waals surface area contributed by atoms with E-state index in [1.807, 2.05) is 0 Å². The highest BCUT2D eigenvalue weighted by atomic mass is 32.2. The number of hydrogen-bond acceptors (Lipinski definition) is 7. The summed E-state index contributed by atoms with van der Waals surface area (Å²) in [5.74, 6) is -1.15. The summed E-state index contributed by atoms with van der Waals surface area (Å²) >= 11 is 1.52. The Morgan fingerprint density at radius 3 is 2.66 bits per heavy atom. The van der Waals surface area contributed by atoms with E-state index in [1.54, 1.807) is 18.2 Å². The minimum absolute atomic E-state index is 0.0673. The van der Waals surface area contributed by atoms with Gasteiger partial charge in [0.05, 0.1) is 28.6 Å². The number of nitrogens with one attached hydrogen (secondary N) is 1. The van der Waals surface area contributed by atoms with Gasteiger partial charge in [0.1, 0.15) is 10.6 Å². The molecule has 2 heterocycles. The van der Waals surface area contributed by atoms with E-state index < -0.39 is 16.0 Å². The number of sulfonamides is 1. The van der Waals surface area contributed by atoms with Crippen molar-refractivity contribution in [2.45, 2.75) is 17.7 Å². The summed E-state index contributed by atoms with van der Waals surface area (Å²) in [5, 5.41) is 10.1. The van der Waals surface area contributed by atoms with E-state index in [-0.39, 0.29) is 16.2 Å². The molecule has 0 atom stereocenters. The Balaban J connectivity index is 1.66. The van der Waals surface area contributed by atoms with Gasteiger partial charge in [-0.25, -0.2) is 18.2 Å². The normalized spacial score (nSPS) is 14.3. The van der Waals surface area contributed by atoms with Gasteiger partial charge in [0.2, 0.25) is 0 Å². The lowest BCUT2D eigenvalue weighted by Gasteiger charge is -2.12. The van der Waals surface area contributed by atoms with Crippen molar-refractivity contribution >= 4 is 48.4 Å². The molecule has 1 aromatic heterocycles. The van der Waals surface area contributed by atoms with Gasteiger partial charge in [-0.15, -0.1) is 0 Å². The summed E-state index contributed by atoms with van der Waals surface area (Å²) in [7, 11) is -2.72. The lowest BCUT2D eigenvalue weighted by Crippen LogP contribution is -2.16. The van der Waals surface area contributed by atoms with Crippen LogP contribution in [0.2, 0.25) is 0 Å². The summed E-state index contributed by atoms with van der Waals surface area (Å²) in [4.78, 5) is 17.9. The minimum atomic E-state index is -4.05. The molecule has 0 spiro atoms. The number of carbonyl (C=O) groups is 1. The van der Waals surface area contributed by atoms with Gasteiger partial charge in [0.15, 0.2) is 5.13 Å². The zero-order valence-corrected chi connectivity index (χ0v) is 17.2. The van der Waals surface area contributed by atoms with Gasteiger partial charge in [0, 0.05) is 13.1 Å². The molecule has 29 heavy (non-hydrogen) atoms. The maximum absolute atomic E-state index is 12.9. The SMILES string of the molecule is COc1ccc(C(=O)O)cc1S(=O)(=O)Nc1ccc2nc(N3CCCC3)sc2c1. The number of hydrogen-bond donors (Lipinski definition) is 2. The highest BCUT2D eigenvalue weighted by Gasteiger charge is 2.22. The minimum Gasteiger partial charge on any atom is -0.495 e. The Kier molecular flexibility index (Phi) is 5.05. The van der Waals surface area contributed by atoms with Crippen molar-refractivity contribution in [2.75, 3.05) is 29.8 Å². The summed E-state index contributed by atoms with van der Waals surface area (Å²) in [6, 6.07) is 8.85. The second kappa shape index (κ2) is 7.53. The van der Waals surface area contributed by atoms with Crippen molar-refractivity contribution in [1.29, 1.82) is 0 Å². The second-order valence-electron chi connectivity index (χ2n) is 6.65. The van der Waals surface area contributed by atoms with E-state index >= 15 is 0 Å². The fraction of sp³-hybridized carbons (Fsp3) is 0.263. The molecule has 0 amide bonds. The van der Waals surface area contributed by atoms with Crippen LogP contribution in [0.15, 0.2) is 41.3 Å². The summed E-state index contributed by atoms with van der Waals surface area (Å²) in [6.07, 6.45) is 2.30. The number of nitrogens with zero attached hydrogens (tertiary/aromatic N) is 2. The Morgan fingerprint density at radius 1 is 1.21 bits per heavy atom. The van der Waals surface area contributed by atoms with E-state index in [4.69, 9.17) is 4.74 Å². The Morgan fingerprint density at radius 2 is 1.97 bits per heavy atom. The molecule has 0 radical (unpaired) electrons. The van der Waals surface area contributed by atoms with Crippen LogP contribution in [0.3, 0.4) is 0 Å². The molecule has 0 unspecified atom stereocenters. The molecule has 0 saturated carbocycles. The monoisotopic (exact) mass is 433 g/mol. The largest absolute Gasteiger partial charge is 0.495 e. The molecule has 1 fully saturated rings. The van der Waals surface area contributed by atoms with Crippen LogP contribution in [0.25, 0.3) is 10.2 Å². The number of fused-ring (bicyclic) bond motifs is 1. The molecule has 152 valence electrons. The first-order valence-corrected chi connectivity index (χ1v) is 11.3. The summed E-state index contributed by atoms with van der Waals surface area (Å²) < 4.78 is 34.3. The summed E-state index contributed by atoms with van der Waals surface area (Å²) in [5.41, 5.74) is 1.04. The highest BCUT2D eigenvalue weighted by Crippen LogP contribution is 2.33. The smallest absolute Gasteiger partial charge is 0.335 e. The van der Waals surface area contributed by atoms with Crippen LogP contribution in [0.5, 0.6) is 5.75 Å². The van der Waals surface area contributed by atoms with Gasteiger partial charge in [-0.05, 0) is 49.2 Å². The number of carboxylic acids is 1. The number of aromatic carboxylic acids is 1. The van der Waals surface area contributed by atoms with E-state index in [0.717, 1.165) is 47.3 Å². The molecular weight excluding hydrogens is 414 g/mol. The standard InChI is InChI=1S/C19H19N3O5S2/c1-27-15-7-4-12(18(23)24)10-17(15)29(25,26)21-13-5-6-14-16(11-13)28-19(20-14)22-8-2-3-9-22/h4-7,10-11,21H,2-3,8-9H2,1H3,(H,23,24). The van der Waals surface area contributed by atoms with Gasteiger partial charge in [-0.2, -0.15) is 0 Å². The molecule has 2 N–H and O–H groups in total. The van der Waals surface area contributed by atoms with Crippen LogP contribution in [-0.2, 0) is 10.0 Å². The van der Waals surface area contributed by atoms with E-state index in [9.17, 15) is 18.3 Å². The third-order valence-electron chi connectivity index (χ3n) is 4.71. The topological polar surface area (TPSA) is 109 Å². The number of thiazole rings is 1. The van der Waals surface area contributed by atoms with Crippen molar-refractivity contribution in [2.24, 2.45) is 0 Å². The first-order valence-electron chi connectivity index (χ1n) is 8.97. The van der Waals surface area contributed by atoms with Crippen molar-refractivity contribution in [3.63, 3.8) is 0 Å². The molecule has 4 rings (SSSR count). The van der Waals surface area contributed by atoms with Crippen molar-refractivity contribution in [1.82, 2.24) is 4.98 Å². The lowest BCUT2D eigenvalue weighted by molar-refractivity contribution is 0.0696. The highest BCUT2D eigenvalue weighted by molar-refractivity contribution is 7.92. The van der Waals surface area contributed by atoms with Crippen LogP contribution in [0, 0.1) is 0 Å². The molecule has 10 heteroatoms. The Bertz CT molecular complexity index is 1180. The third-order valence-corrected chi connectivity index (χ3v) is 7.19. The molecular formula is C19H19N3O5S2. The van der Waals surface area contributed by atoms with Crippen molar-refractivity contribution in [3.8, 4) is 5.75 Å². The fourth-order valence-corrected chi connectivity index (χ4v) is 5.55.